The SMILES string of the molecule is CCCn1nc(OC2O[C@H](CO)[C@@H](O)[C@H](O)[C@H]2O)c(Cc2ccc(SC)cc2)c1C(F)(F)F. The van der Waals surface area contributed by atoms with Crippen LogP contribution in [0.1, 0.15) is 30.2 Å². The zero-order chi connectivity index (χ0) is 24.3. The van der Waals surface area contributed by atoms with Crippen LogP contribution in [0.2, 0.25) is 0 Å². The van der Waals surface area contributed by atoms with E-state index >= 15 is 0 Å². The van der Waals surface area contributed by atoms with Crippen LogP contribution in [0.25, 0.3) is 0 Å². The van der Waals surface area contributed by atoms with Crippen molar-refractivity contribution in [2.24, 2.45) is 0 Å². The maximum absolute atomic E-state index is 14.0. The molecule has 1 aromatic carbocycles. The Morgan fingerprint density at radius 3 is 2.33 bits per heavy atom. The van der Waals surface area contributed by atoms with Crippen molar-refractivity contribution in [3.63, 3.8) is 0 Å². The molecular formula is C21H27F3N2O6S. The number of nitrogens with zero attached hydrogens (tertiary/aromatic N) is 2. The Morgan fingerprint density at radius 2 is 1.79 bits per heavy atom. The molecule has 0 bridgehead atoms. The first kappa shape index (κ1) is 25.8. The van der Waals surface area contributed by atoms with Gasteiger partial charge in [-0.25, -0.2) is 0 Å². The largest absolute Gasteiger partial charge is 0.443 e. The van der Waals surface area contributed by atoms with Crippen LogP contribution < -0.4 is 4.74 Å². The lowest BCUT2D eigenvalue weighted by molar-refractivity contribution is -0.278. The topological polar surface area (TPSA) is 117 Å². The fourth-order valence-corrected chi connectivity index (χ4v) is 4.05. The van der Waals surface area contributed by atoms with Crippen molar-refractivity contribution in [3.8, 4) is 5.88 Å². The molecule has 33 heavy (non-hydrogen) atoms. The molecule has 4 N–H and O–H groups in total. The first-order chi connectivity index (χ1) is 15.6. The molecule has 1 aromatic heterocycles. The van der Waals surface area contributed by atoms with E-state index in [-0.39, 0.29) is 18.5 Å². The van der Waals surface area contributed by atoms with Crippen LogP contribution in [0.15, 0.2) is 29.2 Å². The van der Waals surface area contributed by atoms with Crippen molar-refractivity contribution in [2.45, 2.75) is 68.1 Å². The highest BCUT2D eigenvalue weighted by atomic mass is 32.2. The highest BCUT2D eigenvalue weighted by molar-refractivity contribution is 7.98. The van der Waals surface area contributed by atoms with Crippen LogP contribution >= 0.6 is 11.8 Å². The average molecular weight is 493 g/mol. The summed E-state index contributed by atoms with van der Waals surface area (Å²) < 4.78 is 53.8. The molecule has 0 saturated carbocycles. The lowest BCUT2D eigenvalue weighted by Crippen LogP contribution is -2.60. The molecule has 1 saturated heterocycles. The monoisotopic (exact) mass is 492 g/mol. The predicted octanol–water partition coefficient (Wildman–Crippen LogP) is 1.80. The number of halogens is 3. The first-order valence-electron chi connectivity index (χ1n) is 10.4. The normalized spacial score (nSPS) is 25.9. The summed E-state index contributed by atoms with van der Waals surface area (Å²) in [5, 5.41) is 43.5. The molecule has 1 unspecified atom stereocenters. The van der Waals surface area contributed by atoms with Crippen molar-refractivity contribution in [2.75, 3.05) is 12.9 Å². The van der Waals surface area contributed by atoms with Gasteiger partial charge in [0.15, 0.2) is 0 Å². The third kappa shape index (κ3) is 5.64. The summed E-state index contributed by atoms with van der Waals surface area (Å²) in [4.78, 5) is 0.953. The third-order valence-electron chi connectivity index (χ3n) is 5.33. The molecule has 184 valence electrons. The van der Waals surface area contributed by atoms with Gasteiger partial charge < -0.3 is 29.9 Å². The van der Waals surface area contributed by atoms with Crippen molar-refractivity contribution >= 4 is 11.8 Å². The zero-order valence-corrected chi connectivity index (χ0v) is 18.9. The van der Waals surface area contributed by atoms with Gasteiger partial charge in [-0.15, -0.1) is 16.9 Å². The van der Waals surface area contributed by atoms with Crippen LogP contribution in [-0.2, 0) is 23.9 Å². The number of thioether (sulfide) groups is 1. The van der Waals surface area contributed by atoms with Crippen molar-refractivity contribution in [1.82, 2.24) is 9.78 Å². The number of ether oxygens (including phenoxy) is 2. The van der Waals surface area contributed by atoms with Gasteiger partial charge in [-0.2, -0.15) is 13.2 Å². The maximum atomic E-state index is 14.0. The van der Waals surface area contributed by atoms with Gasteiger partial charge in [0, 0.05) is 17.9 Å². The molecule has 0 aliphatic carbocycles. The van der Waals surface area contributed by atoms with Gasteiger partial charge in [-0.3, -0.25) is 4.68 Å². The van der Waals surface area contributed by atoms with E-state index in [2.05, 4.69) is 5.10 Å². The van der Waals surface area contributed by atoms with E-state index in [1.165, 1.54) is 11.8 Å². The van der Waals surface area contributed by atoms with Gasteiger partial charge >= 0.3 is 6.18 Å². The van der Waals surface area contributed by atoms with Gasteiger partial charge in [-0.05, 0) is 30.4 Å². The lowest BCUT2D eigenvalue weighted by atomic mass is 9.99. The van der Waals surface area contributed by atoms with Gasteiger partial charge in [0.25, 0.3) is 0 Å². The Labute approximate surface area is 192 Å². The van der Waals surface area contributed by atoms with Crippen LogP contribution in [0, 0.1) is 0 Å². The highest BCUT2D eigenvalue weighted by Gasteiger charge is 2.46. The Morgan fingerprint density at radius 1 is 1.12 bits per heavy atom. The number of aromatic nitrogens is 2. The van der Waals surface area contributed by atoms with Crippen molar-refractivity contribution < 1.29 is 43.1 Å². The summed E-state index contributed by atoms with van der Waals surface area (Å²) in [5.41, 5.74) is -0.629. The summed E-state index contributed by atoms with van der Waals surface area (Å²) in [6, 6.07) is 7.01. The zero-order valence-electron chi connectivity index (χ0n) is 18.1. The number of aryl methyl sites for hydroxylation is 1. The van der Waals surface area contributed by atoms with Crippen LogP contribution in [-0.4, -0.2) is 73.8 Å². The highest BCUT2D eigenvalue weighted by Crippen LogP contribution is 2.39. The van der Waals surface area contributed by atoms with E-state index in [1.807, 2.05) is 6.26 Å². The Kier molecular flexibility index (Phi) is 8.30. The molecule has 8 nitrogen and oxygen atoms in total. The first-order valence-corrected chi connectivity index (χ1v) is 11.6. The second-order valence-corrected chi connectivity index (χ2v) is 8.57. The number of hydrogen-bond donors (Lipinski definition) is 4. The average Bonchev–Trinajstić information content (AvgIpc) is 3.11. The number of alkyl halides is 3. The van der Waals surface area contributed by atoms with Crippen LogP contribution in [0.5, 0.6) is 5.88 Å². The Balaban J connectivity index is 2.02. The summed E-state index contributed by atoms with van der Waals surface area (Å²) in [6.45, 7) is 0.990. The quantitative estimate of drug-likeness (QED) is 0.412. The molecular weight excluding hydrogens is 465 g/mol. The van der Waals surface area contributed by atoms with E-state index in [1.54, 1.807) is 31.2 Å². The standard InChI is InChI=1S/C21H27F3N2O6S/c1-3-8-26-18(21(22,23)24)13(9-11-4-6-12(33-2)7-5-11)19(25-26)32-20-17(30)16(29)15(28)14(10-27)31-20/h4-7,14-17,20,27-30H,3,8-10H2,1-2H3/t14-,15-,16+,17-,20?/m1/s1. The third-order valence-corrected chi connectivity index (χ3v) is 6.08. The second-order valence-electron chi connectivity index (χ2n) is 7.69. The van der Waals surface area contributed by atoms with Crippen molar-refractivity contribution in [1.29, 1.82) is 0 Å². The van der Waals surface area contributed by atoms with E-state index in [4.69, 9.17) is 9.47 Å². The summed E-state index contributed by atoms with van der Waals surface area (Å²) >= 11 is 1.50. The molecule has 0 radical (unpaired) electrons. The van der Waals surface area contributed by atoms with Crippen LogP contribution in [0.3, 0.4) is 0 Å². The Bertz CT molecular complexity index is 922. The predicted molar refractivity (Wildman–Crippen MR) is 113 cm³/mol. The van der Waals surface area contributed by atoms with Crippen LogP contribution in [0.4, 0.5) is 13.2 Å². The molecule has 2 aromatic rings. The van der Waals surface area contributed by atoms with E-state index in [0.717, 1.165) is 9.58 Å². The van der Waals surface area contributed by atoms with Gasteiger partial charge in [0.1, 0.15) is 30.1 Å². The second kappa shape index (κ2) is 10.6. The molecule has 12 heteroatoms. The molecule has 0 amide bonds. The number of benzene rings is 1. The molecule has 1 aliphatic rings. The molecule has 1 aliphatic heterocycles. The molecule has 5 atom stereocenters. The van der Waals surface area contributed by atoms with E-state index < -0.39 is 55.1 Å². The van der Waals surface area contributed by atoms with Gasteiger partial charge in [0.2, 0.25) is 12.2 Å². The van der Waals surface area contributed by atoms with Gasteiger partial charge in [0.05, 0.1) is 12.2 Å². The minimum absolute atomic E-state index is 0.0225. The molecule has 1 fully saturated rings. The minimum Gasteiger partial charge on any atom is -0.443 e. The molecule has 3 rings (SSSR count). The fourth-order valence-electron chi connectivity index (χ4n) is 3.64. The smallest absolute Gasteiger partial charge is 0.433 e. The number of aliphatic hydroxyl groups is 4. The molecule has 2 heterocycles. The molecule has 0 spiro atoms. The van der Waals surface area contributed by atoms with E-state index in [9.17, 15) is 33.6 Å². The number of hydrogen-bond acceptors (Lipinski definition) is 8. The summed E-state index contributed by atoms with van der Waals surface area (Å²) in [6.07, 6.45) is -10.7. The van der Waals surface area contributed by atoms with Gasteiger partial charge in [-0.1, -0.05) is 19.1 Å². The Hall–Kier alpha value is -1.83. The maximum Gasteiger partial charge on any atom is 0.433 e. The fraction of sp³-hybridized carbons (Fsp3) is 0.571. The summed E-state index contributed by atoms with van der Waals surface area (Å²) in [7, 11) is 0. The van der Waals surface area contributed by atoms with Crippen molar-refractivity contribution in [3.05, 3.63) is 41.1 Å². The summed E-state index contributed by atoms with van der Waals surface area (Å²) in [5.74, 6) is -0.408. The lowest BCUT2D eigenvalue weighted by Gasteiger charge is -2.39. The number of aliphatic hydroxyl groups excluding tert-OH is 4. The number of rotatable bonds is 8. The minimum atomic E-state index is -4.73. The van der Waals surface area contributed by atoms with E-state index in [0.29, 0.717) is 12.0 Å².